The average Bonchev–Trinajstić information content (AvgIpc) is 3.19. The van der Waals surface area contributed by atoms with Gasteiger partial charge in [0.15, 0.2) is 0 Å². The molecule has 29 heavy (non-hydrogen) atoms. The Morgan fingerprint density at radius 1 is 1.14 bits per heavy atom. The summed E-state index contributed by atoms with van der Waals surface area (Å²) in [6.45, 7) is 0. The van der Waals surface area contributed by atoms with E-state index in [9.17, 15) is 18.3 Å². The van der Waals surface area contributed by atoms with Crippen LogP contribution in [-0.4, -0.2) is 26.5 Å². The summed E-state index contributed by atoms with van der Waals surface area (Å²) in [5.41, 5.74) is 0.180. The fraction of sp³-hybridized carbons (Fsp3) is 0.0526. The van der Waals surface area contributed by atoms with Crippen molar-refractivity contribution in [1.82, 2.24) is 0 Å². The van der Waals surface area contributed by atoms with Crippen molar-refractivity contribution in [2.75, 3.05) is 11.8 Å². The number of aromatic hydroxyl groups is 1. The van der Waals surface area contributed by atoms with E-state index in [-0.39, 0.29) is 26.1 Å². The zero-order chi connectivity index (χ0) is 20.8. The van der Waals surface area contributed by atoms with Gasteiger partial charge in [-0.05, 0) is 42.5 Å². The van der Waals surface area contributed by atoms with Crippen molar-refractivity contribution in [3.05, 3.63) is 69.0 Å². The van der Waals surface area contributed by atoms with E-state index in [0.29, 0.717) is 21.3 Å². The molecule has 7 nitrogen and oxygen atoms in total. The third kappa shape index (κ3) is 3.59. The van der Waals surface area contributed by atoms with Crippen LogP contribution < -0.4 is 20.0 Å². The lowest BCUT2D eigenvalue weighted by molar-refractivity contribution is -0.112. The van der Waals surface area contributed by atoms with Gasteiger partial charge in [0.1, 0.15) is 16.5 Å². The second-order valence-corrected chi connectivity index (χ2v) is 9.23. The van der Waals surface area contributed by atoms with Gasteiger partial charge in [-0.1, -0.05) is 11.6 Å². The van der Waals surface area contributed by atoms with Crippen molar-refractivity contribution in [3.8, 4) is 11.5 Å². The zero-order valence-electron chi connectivity index (χ0n) is 14.8. The molecule has 0 bridgehead atoms. The molecule has 1 aliphatic heterocycles. The van der Waals surface area contributed by atoms with Gasteiger partial charge in [-0.15, -0.1) is 11.3 Å². The molecule has 2 aromatic carbocycles. The molecule has 0 radical (unpaired) electrons. The van der Waals surface area contributed by atoms with Crippen molar-refractivity contribution in [1.29, 1.82) is 0 Å². The molecule has 0 unspecified atom stereocenters. The van der Waals surface area contributed by atoms with E-state index in [1.54, 1.807) is 18.2 Å². The van der Waals surface area contributed by atoms with E-state index < -0.39 is 15.9 Å². The van der Waals surface area contributed by atoms with Crippen LogP contribution in [0.15, 0.2) is 58.4 Å². The monoisotopic (exact) mass is 448 g/mol. The van der Waals surface area contributed by atoms with Gasteiger partial charge in [-0.3, -0.25) is 9.52 Å². The maximum absolute atomic E-state index is 12.6. The lowest BCUT2D eigenvalue weighted by atomic mass is 10.1. The summed E-state index contributed by atoms with van der Waals surface area (Å²) in [4.78, 5) is 16.6. The second kappa shape index (κ2) is 7.18. The predicted molar refractivity (Wildman–Crippen MR) is 110 cm³/mol. The number of fused-ring (bicyclic) bond motifs is 1. The van der Waals surface area contributed by atoms with Gasteiger partial charge < -0.3 is 9.84 Å². The van der Waals surface area contributed by atoms with Crippen LogP contribution in [0.4, 0.5) is 5.00 Å². The van der Waals surface area contributed by atoms with E-state index in [0.717, 1.165) is 11.3 Å². The number of hydrogen-bond acceptors (Lipinski definition) is 6. The third-order valence-corrected chi connectivity index (χ3v) is 7.01. The first-order valence-electron chi connectivity index (χ1n) is 8.21. The van der Waals surface area contributed by atoms with E-state index in [1.165, 1.54) is 37.4 Å². The Labute approximate surface area is 174 Å². The van der Waals surface area contributed by atoms with Crippen LogP contribution in [0.3, 0.4) is 0 Å². The van der Waals surface area contributed by atoms with Crippen LogP contribution in [0, 0.1) is 0 Å². The number of nitrogens with one attached hydrogen (secondary N) is 1. The van der Waals surface area contributed by atoms with Crippen molar-refractivity contribution in [2.24, 2.45) is 4.99 Å². The number of halogens is 1. The summed E-state index contributed by atoms with van der Waals surface area (Å²) in [6.07, 6.45) is 0. The number of benzene rings is 2. The molecule has 10 heteroatoms. The number of amides is 1. The highest BCUT2D eigenvalue weighted by Crippen LogP contribution is 2.38. The molecule has 0 saturated heterocycles. The highest BCUT2D eigenvalue weighted by atomic mass is 35.5. The molecular weight excluding hydrogens is 436 g/mol. The van der Waals surface area contributed by atoms with Gasteiger partial charge in [0.25, 0.3) is 15.9 Å². The number of rotatable bonds is 5. The number of sulfonamides is 1. The zero-order valence-corrected chi connectivity index (χ0v) is 17.2. The molecule has 0 aliphatic carbocycles. The van der Waals surface area contributed by atoms with Crippen LogP contribution in [0.1, 0.15) is 4.88 Å². The SMILES string of the molecule is COc1ccc(S(=O)(=O)Nc2cc(O)c(C3=c4cc(Cl)ccc4=NC3=O)s2)cc1. The van der Waals surface area contributed by atoms with Gasteiger partial charge in [-0.2, -0.15) is 0 Å². The molecule has 2 heterocycles. The first-order valence-corrected chi connectivity index (χ1v) is 10.9. The van der Waals surface area contributed by atoms with Crippen molar-refractivity contribution in [2.45, 2.75) is 4.90 Å². The van der Waals surface area contributed by atoms with Crippen LogP contribution in [0.25, 0.3) is 5.57 Å². The Hall–Kier alpha value is -2.88. The summed E-state index contributed by atoms with van der Waals surface area (Å²) in [7, 11) is -2.41. The first kappa shape index (κ1) is 19.4. The Morgan fingerprint density at radius 3 is 2.55 bits per heavy atom. The molecule has 0 atom stereocenters. The van der Waals surface area contributed by atoms with Gasteiger partial charge >= 0.3 is 0 Å². The Bertz CT molecular complexity index is 1360. The van der Waals surface area contributed by atoms with Crippen LogP contribution in [-0.2, 0) is 14.8 Å². The molecule has 4 rings (SSSR count). The highest BCUT2D eigenvalue weighted by Gasteiger charge is 2.25. The van der Waals surface area contributed by atoms with Gasteiger partial charge in [0, 0.05) is 16.3 Å². The van der Waals surface area contributed by atoms with E-state index in [2.05, 4.69) is 9.71 Å². The summed E-state index contributed by atoms with van der Waals surface area (Å²) in [5.74, 6) is -0.227. The van der Waals surface area contributed by atoms with E-state index in [1.807, 2.05) is 0 Å². The molecule has 0 spiro atoms. The summed E-state index contributed by atoms with van der Waals surface area (Å²) < 4.78 is 32.7. The Morgan fingerprint density at radius 2 is 1.86 bits per heavy atom. The largest absolute Gasteiger partial charge is 0.506 e. The van der Waals surface area contributed by atoms with E-state index in [4.69, 9.17) is 16.3 Å². The normalized spacial score (nSPS) is 13.2. The van der Waals surface area contributed by atoms with E-state index >= 15 is 0 Å². The van der Waals surface area contributed by atoms with Crippen LogP contribution in [0.2, 0.25) is 5.02 Å². The predicted octanol–water partition coefficient (Wildman–Crippen LogP) is 2.28. The molecule has 1 amide bonds. The van der Waals surface area contributed by atoms with Gasteiger partial charge in [-0.25, -0.2) is 13.4 Å². The quantitative estimate of drug-likeness (QED) is 0.623. The highest BCUT2D eigenvalue weighted by molar-refractivity contribution is 7.93. The lowest BCUT2D eigenvalue weighted by Gasteiger charge is -2.06. The third-order valence-electron chi connectivity index (χ3n) is 4.21. The maximum Gasteiger partial charge on any atom is 0.279 e. The molecule has 2 N–H and O–H groups in total. The average molecular weight is 449 g/mol. The standard InChI is InChI=1S/C19H13ClN2O5S2/c1-27-11-3-5-12(6-4-11)29(25,26)22-16-9-15(23)18(28-16)17-13-8-10(20)2-7-14(13)21-19(17)24/h2-9,22-23H,1H3. The van der Waals surface area contributed by atoms with Crippen molar-refractivity contribution in [3.63, 3.8) is 0 Å². The number of methoxy groups -OCH3 is 1. The molecule has 0 saturated carbocycles. The molecule has 1 aromatic heterocycles. The fourth-order valence-electron chi connectivity index (χ4n) is 2.86. The number of hydrogen-bond donors (Lipinski definition) is 2. The summed E-state index contributed by atoms with van der Waals surface area (Å²) in [5, 5.41) is 11.9. The molecule has 1 aliphatic rings. The minimum absolute atomic E-state index is 0.0319. The number of anilines is 1. The topological polar surface area (TPSA) is 105 Å². The molecule has 148 valence electrons. The minimum atomic E-state index is -3.89. The number of nitrogens with zero attached hydrogens (tertiary/aromatic N) is 1. The fourth-order valence-corrected chi connectivity index (χ4v) is 5.32. The van der Waals surface area contributed by atoms with Crippen molar-refractivity contribution >= 4 is 49.4 Å². The minimum Gasteiger partial charge on any atom is -0.506 e. The number of ether oxygens (including phenoxy) is 1. The molecular formula is C19H13ClN2O5S2. The number of thiophene rings is 1. The second-order valence-electron chi connectivity index (χ2n) is 6.06. The summed E-state index contributed by atoms with van der Waals surface area (Å²) >= 11 is 6.95. The number of carbonyl (C=O) groups excluding carboxylic acids is 1. The maximum atomic E-state index is 12.6. The van der Waals surface area contributed by atoms with Crippen LogP contribution in [0.5, 0.6) is 11.5 Å². The first-order chi connectivity index (χ1) is 13.8. The summed E-state index contributed by atoms with van der Waals surface area (Å²) in [6, 6.07) is 11.9. The molecule has 0 fully saturated rings. The smallest absolute Gasteiger partial charge is 0.279 e. The van der Waals surface area contributed by atoms with Crippen molar-refractivity contribution < 1.29 is 23.1 Å². The lowest BCUT2D eigenvalue weighted by Crippen LogP contribution is -2.22. The van der Waals surface area contributed by atoms with Gasteiger partial charge in [0.05, 0.1) is 27.8 Å². The Kier molecular flexibility index (Phi) is 4.81. The van der Waals surface area contributed by atoms with Crippen LogP contribution >= 0.6 is 22.9 Å². The van der Waals surface area contributed by atoms with Gasteiger partial charge in [0.2, 0.25) is 0 Å². The molecule has 3 aromatic rings. The number of carbonyl (C=O) groups is 1. The Balaban J connectivity index is 1.73.